The Balaban J connectivity index is 1.58. The highest BCUT2D eigenvalue weighted by Crippen LogP contribution is 2.38. The molecule has 0 aromatic carbocycles. The Bertz CT molecular complexity index is 212. The van der Waals surface area contributed by atoms with Gasteiger partial charge in [0, 0.05) is 26.1 Å². The van der Waals surface area contributed by atoms with E-state index in [0.717, 1.165) is 6.61 Å². The first kappa shape index (κ1) is 12.3. The Morgan fingerprint density at radius 1 is 0.938 bits per heavy atom. The van der Waals surface area contributed by atoms with Gasteiger partial charge in [0.25, 0.3) is 0 Å². The Morgan fingerprint density at radius 3 is 2.25 bits per heavy atom. The molecule has 94 valence electrons. The summed E-state index contributed by atoms with van der Waals surface area (Å²) in [6.45, 7) is 1.34. The molecule has 2 aliphatic rings. The largest absolute Gasteiger partial charge is 0.381 e. The number of hydrogen-bond acceptors (Lipinski definition) is 1. The summed E-state index contributed by atoms with van der Waals surface area (Å²) in [5, 5.41) is 0. The van der Waals surface area contributed by atoms with Crippen molar-refractivity contribution in [2.24, 2.45) is 11.8 Å². The minimum atomic E-state index is -2.42. The molecule has 0 amide bonds. The molecule has 0 unspecified atom stereocenters. The van der Waals surface area contributed by atoms with Crippen molar-refractivity contribution >= 4 is 0 Å². The van der Waals surface area contributed by atoms with Gasteiger partial charge in [0.2, 0.25) is 5.92 Å². The maximum Gasteiger partial charge on any atom is 0.248 e. The van der Waals surface area contributed by atoms with E-state index in [0.29, 0.717) is 18.9 Å². The number of rotatable bonds is 4. The van der Waals surface area contributed by atoms with Crippen LogP contribution in [-0.2, 0) is 4.74 Å². The van der Waals surface area contributed by atoms with Crippen LogP contribution in [-0.4, -0.2) is 19.1 Å². The van der Waals surface area contributed by atoms with Crippen molar-refractivity contribution in [3.8, 4) is 0 Å². The van der Waals surface area contributed by atoms with Crippen LogP contribution < -0.4 is 0 Å². The van der Waals surface area contributed by atoms with Gasteiger partial charge in [-0.15, -0.1) is 0 Å². The van der Waals surface area contributed by atoms with Crippen molar-refractivity contribution in [1.82, 2.24) is 0 Å². The first-order chi connectivity index (χ1) is 7.66. The lowest BCUT2D eigenvalue weighted by Gasteiger charge is -2.22. The van der Waals surface area contributed by atoms with Gasteiger partial charge in [-0.2, -0.15) is 0 Å². The fraction of sp³-hybridized carbons (Fsp3) is 1.00. The molecule has 0 radical (unpaired) electrons. The smallest absolute Gasteiger partial charge is 0.248 e. The van der Waals surface area contributed by atoms with Gasteiger partial charge in [-0.25, -0.2) is 8.78 Å². The first-order valence-corrected chi connectivity index (χ1v) is 6.61. The summed E-state index contributed by atoms with van der Waals surface area (Å²) in [6.07, 6.45) is 7.25. The molecular formula is C13H22F2O. The van der Waals surface area contributed by atoms with Crippen LogP contribution in [0.25, 0.3) is 0 Å². The number of alkyl halides is 2. The van der Waals surface area contributed by atoms with E-state index in [4.69, 9.17) is 4.74 Å². The molecule has 0 spiro atoms. The summed E-state index contributed by atoms with van der Waals surface area (Å²) in [5.74, 6) is -1.63. The molecule has 0 aromatic heterocycles. The predicted octanol–water partition coefficient (Wildman–Crippen LogP) is 4.02. The number of ether oxygens (including phenoxy) is 1. The SMILES string of the molecule is FC1(F)CC[C@H](COCC2CCCCC2)C1. The van der Waals surface area contributed by atoms with Crippen molar-refractivity contribution in [1.29, 1.82) is 0 Å². The average Bonchev–Trinajstić information content (AvgIpc) is 2.60. The molecule has 16 heavy (non-hydrogen) atoms. The van der Waals surface area contributed by atoms with Gasteiger partial charge in [0.1, 0.15) is 0 Å². The molecule has 1 atom stereocenters. The number of hydrogen-bond donors (Lipinski definition) is 0. The highest BCUT2D eigenvalue weighted by Gasteiger charge is 2.39. The van der Waals surface area contributed by atoms with Crippen molar-refractivity contribution in [3.05, 3.63) is 0 Å². The molecule has 0 bridgehead atoms. The van der Waals surface area contributed by atoms with Crippen LogP contribution >= 0.6 is 0 Å². The highest BCUT2D eigenvalue weighted by molar-refractivity contribution is 4.81. The van der Waals surface area contributed by atoms with Crippen LogP contribution in [0.4, 0.5) is 8.78 Å². The molecule has 0 aromatic rings. The zero-order valence-corrected chi connectivity index (χ0v) is 9.89. The van der Waals surface area contributed by atoms with Gasteiger partial charge < -0.3 is 4.74 Å². The van der Waals surface area contributed by atoms with Crippen LogP contribution in [0.5, 0.6) is 0 Å². The third kappa shape index (κ3) is 3.69. The van der Waals surface area contributed by atoms with Gasteiger partial charge in [0.05, 0.1) is 0 Å². The lowest BCUT2D eigenvalue weighted by molar-refractivity contribution is -0.00402. The summed E-state index contributed by atoms with van der Waals surface area (Å²) in [4.78, 5) is 0. The van der Waals surface area contributed by atoms with Crippen molar-refractivity contribution in [2.45, 2.75) is 57.3 Å². The standard InChI is InChI=1S/C13H22F2O/c14-13(15)7-6-12(8-13)10-16-9-11-4-2-1-3-5-11/h11-12H,1-10H2/t12-/m0/s1. The maximum absolute atomic E-state index is 12.9. The second-order valence-electron chi connectivity index (χ2n) is 5.51. The molecule has 1 nitrogen and oxygen atoms in total. The van der Waals surface area contributed by atoms with Crippen LogP contribution in [0.3, 0.4) is 0 Å². The van der Waals surface area contributed by atoms with Gasteiger partial charge >= 0.3 is 0 Å². The predicted molar refractivity (Wildman–Crippen MR) is 59.7 cm³/mol. The van der Waals surface area contributed by atoms with Crippen molar-refractivity contribution in [2.75, 3.05) is 13.2 Å². The average molecular weight is 232 g/mol. The fourth-order valence-corrected chi connectivity index (χ4v) is 2.94. The Labute approximate surface area is 96.6 Å². The van der Waals surface area contributed by atoms with Crippen LogP contribution in [0.2, 0.25) is 0 Å². The van der Waals surface area contributed by atoms with Crippen LogP contribution in [0.15, 0.2) is 0 Å². The van der Waals surface area contributed by atoms with E-state index in [-0.39, 0.29) is 18.8 Å². The van der Waals surface area contributed by atoms with E-state index in [1.54, 1.807) is 0 Å². The summed E-state index contributed by atoms with van der Waals surface area (Å²) in [5.41, 5.74) is 0. The summed E-state index contributed by atoms with van der Waals surface area (Å²) < 4.78 is 31.5. The van der Waals surface area contributed by atoms with E-state index in [1.165, 1.54) is 32.1 Å². The fourth-order valence-electron chi connectivity index (χ4n) is 2.94. The third-order valence-corrected chi connectivity index (χ3v) is 3.94. The minimum absolute atomic E-state index is 0.0394. The van der Waals surface area contributed by atoms with E-state index >= 15 is 0 Å². The molecule has 0 N–H and O–H groups in total. The van der Waals surface area contributed by atoms with Gasteiger partial charge in [-0.05, 0) is 31.1 Å². The van der Waals surface area contributed by atoms with Crippen LogP contribution in [0, 0.1) is 11.8 Å². The van der Waals surface area contributed by atoms with E-state index in [2.05, 4.69) is 0 Å². The van der Waals surface area contributed by atoms with E-state index in [9.17, 15) is 8.78 Å². The molecule has 2 aliphatic carbocycles. The second-order valence-corrected chi connectivity index (χ2v) is 5.51. The minimum Gasteiger partial charge on any atom is -0.381 e. The monoisotopic (exact) mass is 232 g/mol. The first-order valence-electron chi connectivity index (χ1n) is 6.61. The third-order valence-electron chi connectivity index (χ3n) is 3.94. The second kappa shape index (κ2) is 5.44. The lowest BCUT2D eigenvalue weighted by atomic mass is 9.90. The molecule has 2 fully saturated rings. The van der Waals surface area contributed by atoms with E-state index in [1.807, 2.05) is 0 Å². The van der Waals surface area contributed by atoms with Gasteiger partial charge in [-0.3, -0.25) is 0 Å². The highest BCUT2D eigenvalue weighted by atomic mass is 19.3. The van der Waals surface area contributed by atoms with Crippen molar-refractivity contribution in [3.63, 3.8) is 0 Å². The van der Waals surface area contributed by atoms with Crippen LogP contribution in [0.1, 0.15) is 51.4 Å². The topological polar surface area (TPSA) is 9.23 Å². The molecule has 0 saturated heterocycles. The normalized spacial score (nSPS) is 30.8. The van der Waals surface area contributed by atoms with Crippen molar-refractivity contribution < 1.29 is 13.5 Å². The van der Waals surface area contributed by atoms with Gasteiger partial charge in [-0.1, -0.05) is 19.3 Å². The lowest BCUT2D eigenvalue weighted by Crippen LogP contribution is -2.17. The molecule has 2 rings (SSSR count). The molecule has 3 heteroatoms. The Morgan fingerprint density at radius 2 is 1.62 bits per heavy atom. The quantitative estimate of drug-likeness (QED) is 0.711. The molecule has 0 aliphatic heterocycles. The zero-order valence-electron chi connectivity index (χ0n) is 9.89. The summed E-state index contributed by atoms with van der Waals surface area (Å²) in [6, 6.07) is 0. The molecule has 0 heterocycles. The Hall–Kier alpha value is -0.180. The Kier molecular flexibility index (Phi) is 4.17. The van der Waals surface area contributed by atoms with Gasteiger partial charge in [0.15, 0.2) is 0 Å². The summed E-state index contributed by atoms with van der Waals surface area (Å²) in [7, 11) is 0. The molecular weight excluding hydrogens is 210 g/mol. The maximum atomic E-state index is 12.9. The zero-order chi connectivity index (χ0) is 11.4. The van der Waals surface area contributed by atoms with E-state index < -0.39 is 5.92 Å². The summed E-state index contributed by atoms with van der Waals surface area (Å²) >= 11 is 0. The molecule has 2 saturated carbocycles. The number of halogens is 2.